The van der Waals surface area contributed by atoms with Crippen LogP contribution in [0.1, 0.15) is 14.5 Å². The molecular weight excluding hydrogens is 285 g/mol. The second-order valence-corrected chi connectivity index (χ2v) is 5.90. The number of nitrogens with two attached hydrogens (primary N) is 2. The SMILES string of the molecule is NNC(=O)c1ccc(CSc2ccc(F)cc2N)s1. The third-order valence-corrected chi connectivity index (χ3v) is 4.76. The van der Waals surface area contributed by atoms with E-state index in [0.29, 0.717) is 16.3 Å². The Labute approximate surface area is 118 Å². The van der Waals surface area contributed by atoms with E-state index in [2.05, 4.69) is 5.43 Å². The van der Waals surface area contributed by atoms with Crippen molar-refractivity contribution in [1.29, 1.82) is 0 Å². The largest absolute Gasteiger partial charge is 0.398 e. The molecule has 0 atom stereocenters. The van der Waals surface area contributed by atoms with E-state index < -0.39 is 0 Å². The van der Waals surface area contributed by atoms with Crippen LogP contribution in [0.3, 0.4) is 0 Å². The molecule has 0 aliphatic rings. The summed E-state index contributed by atoms with van der Waals surface area (Å²) in [5.74, 6) is 5.08. The first kappa shape index (κ1) is 13.9. The van der Waals surface area contributed by atoms with Gasteiger partial charge in [-0.25, -0.2) is 10.2 Å². The Hall–Kier alpha value is -1.57. The third-order valence-electron chi connectivity index (χ3n) is 2.36. The molecule has 0 radical (unpaired) electrons. The van der Waals surface area contributed by atoms with Gasteiger partial charge in [0.15, 0.2) is 0 Å². The lowest BCUT2D eigenvalue weighted by molar-refractivity contribution is 0.0957. The molecule has 2 rings (SSSR count). The van der Waals surface area contributed by atoms with Gasteiger partial charge in [-0.1, -0.05) is 0 Å². The first-order chi connectivity index (χ1) is 9.10. The molecule has 0 aliphatic heterocycles. The number of hydrogen-bond donors (Lipinski definition) is 3. The van der Waals surface area contributed by atoms with Crippen molar-refractivity contribution in [3.63, 3.8) is 0 Å². The Kier molecular flexibility index (Phi) is 4.41. The monoisotopic (exact) mass is 297 g/mol. The molecule has 1 aromatic heterocycles. The number of rotatable bonds is 4. The minimum Gasteiger partial charge on any atom is -0.398 e. The predicted octanol–water partition coefficient (Wildman–Crippen LogP) is 2.37. The molecule has 0 spiro atoms. The number of carbonyl (C=O) groups is 1. The summed E-state index contributed by atoms with van der Waals surface area (Å²) in [6.07, 6.45) is 0. The molecule has 4 nitrogen and oxygen atoms in total. The Morgan fingerprint density at radius 3 is 2.84 bits per heavy atom. The average molecular weight is 297 g/mol. The maximum atomic E-state index is 12.9. The van der Waals surface area contributed by atoms with Gasteiger partial charge in [0.2, 0.25) is 0 Å². The van der Waals surface area contributed by atoms with E-state index in [1.54, 1.807) is 12.1 Å². The maximum Gasteiger partial charge on any atom is 0.275 e. The van der Waals surface area contributed by atoms with Crippen molar-refractivity contribution < 1.29 is 9.18 Å². The molecule has 0 bridgehead atoms. The maximum absolute atomic E-state index is 12.9. The number of benzene rings is 1. The normalized spacial score (nSPS) is 10.4. The Balaban J connectivity index is 2.02. The zero-order valence-corrected chi connectivity index (χ0v) is 11.5. The molecule has 1 aromatic carbocycles. The second-order valence-electron chi connectivity index (χ2n) is 3.71. The zero-order chi connectivity index (χ0) is 13.8. The summed E-state index contributed by atoms with van der Waals surface area (Å²) in [6.45, 7) is 0. The van der Waals surface area contributed by atoms with Crippen LogP contribution >= 0.6 is 23.1 Å². The molecule has 1 heterocycles. The minimum absolute atomic E-state index is 0.303. The average Bonchev–Trinajstić information content (AvgIpc) is 2.85. The van der Waals surface area contributed by atoms with Gasteiger partial charge < -0.3 is 5.73 Å². The molecule has 7 heteroatoms. The number of hydrazine groups is 1. The first-order valence-electron chi connectivity index (χ1n) is 5.37. The molecule has 5 N–H and O–H groups in total. The third kappa shape index (κ3) is 3.46. The fourth-order valence-electron chi connectivity index (χ4n) is 1.45. The number of nitrogens with one attached hydrogen (secondary N) is 1. The first-order valence-corrected chi connectivity index (χ1v) is 7.18. The lowest BCUT2D eigenvalue weighted by Gasteiger charge is -2.04. The van der Waals surface area contributed by atoms with Crippen LogP contribution in [0.4, 0.5) is 10.1 Å². The molecule has 1 amide bonds. The van der Waals surface area contributed by atoms with Gasteiger partial charge in [-0.15, -0.1) is 23.1 Å². The van der Waals surface area contributed by atoms with Crippen molar-refractivity contribution >= 4 is 34.7 Å². The lowest BCUT2D eigenvalue weighted by atomic mass is 10.3. The molecule has 0 unspecified atom stereocenters. The highest BCUT2D eigenvalue weighted by Gasteiger charge is 2.08. The zero-order valence-electron chi connectivity index (χ0n) is 9.85. The smallest absolute Gasteiger partial charge is 0.275 e. The van der Waals surface area contributed by atoms with E-state index >= 15 is 0 Å². The van der Waals surface area contributed by atoms with Gasteiger partial charge in [-0.05, 0) is 30.3 Å². The van der Waals surface area contributed by atoms with E-state index in [-0.39, 0.29) is 11.7 Å². The summed E-state index contributed by atoms with van der Waals surface area (Å²) in [5, 5.41) is 0. The summed E-state index contributed by atoms with van der Waals surface area (Å²) in [4.78, 5) is 13.7. The second kappa shape index (κ2) is 6.05. The summed E-state index contributed by atoms with van der Waals surface area (Å²) < 4.78 is 12.9. The van der Waals surface area contributed by atoms with Crippen LogP contribution < -0.4 is 17.0 Å². The highest BCUT2D eigenvalue weighted by molar-refractivity contribution is 7.98. The number of nitrogen functional groups attached to an aromatic ring is 2. The summed E-state index contributed by atoms with van der Waals surface area (Å²) in [5.41, 5.74) is 8.23. The van der Waals surface area contributed by atoms with Crippen molar-refractivity contribution in [2.45, 2.75) is 10.6 Å². The van der Waals surface area contributed by atoms with E-state index in [1.165, 1.54) is 35.2 Å². The van der Waals surface area contributed by atoms with Gasteiger partial charge in [0.1, 0.15) is 5.82 Å². The van der Waals surface area contributed by atoms with Crippen LogP contribution in [0.5, 0.6) is 0 Å². The number of anilines is 1. The fraction of sp³-hybridized carbons (Fsp3) is 0.0833. The van der Waals surface area contributed by atoms with Crippen LogP contribution in [0, 0.1) is 5.82 Å². The highest BCUT2D eigenvalue weighted by Crippen LogP contribution is 2.30. The summed E-state index contributed by atoms with van der Waals surface area (Å²) >= 11 is 2.86. The van der Waals surface area contributed by atoms with Gasteiger partial charge in [-0.2, -0.15) is 0 Å². The number of thioether (sulfide) groups is 1. The van der Waals surface area contributed by atoms with E-state index in [4.69, 9.17) is 11.6 Å². The van der Waals surface area contributed by atoms with Crippen LogP contribution in [0.2, 0.25) is 0 Å². The van der Waals surface area contributed by atoms with Crippen molar-refractivity contribution in [1.82, 2.24) is 5.43 Å². The van der Waals surface area contributed by atoms with Gasteiger partial charge in [0, 0.05) is 21.2 Å². The fourth-order valence-corrected chi connectivity index (χ4v) is 3.35. The summed E-state index contributed by atoms with van der Waals surface area (Å²) in [7, 11) is 0. The van der Waals surface area contributed by atoms with Crippen LogP contribution in [0.15, 0.2) is 35.2 Å². The predicted molar refractivity (Wildman–Crippen MR) is 76.3 cm³/mol. The van der Waals surface area contributed by atoms with Gasteiger partial charge >= 0.3 is 0 Å². The standard InChI is InChI=1S/C12H12FN3OS2/c13-7-1-3-10(9(14)5-7)18-6-8-2-4-11(19-8)12(17)16-15/h1-5H,6,14-15H2,(H,16,17). The Bertz CT molecular complexity index is 600. The topological polar surface area (TPSA) is 81.1 Å². The van der Waals surface area contributed by atoms with E-state index in [0.717, 1.165) is 9.77 Å². The molecular formula is C12H12FN3OS2. The van der Waals surface area contributed by atoms with Crippen molar-refractivity contribution in [2.75, 3.05) is 5.73 Å². The molecule has 100 valence electrons. The van der Waals surface area contributed by atoms with Crippen LogP contribution in [-0.2, 0) is 5.75 Å². The Morgan fingerprint density at radius 1 is 1.37 bits per heavy atom. The van der Waals surface area contributed by atoms with Crippen molar-refractivity contribution in [3.05, 3.63) is 45.9 Å². The van der Waals surface area contributed by atoms with Crippen LogP contribution in [-0.4, -0.2) is 5.91 Å². The van der Waals surface area contributed by atoms with Crippen LogP contribution in [0.25, 0.3) is 0 Å². The minimum atomic E-state index is -0.347. The number of hydrogen-bond acceptors (Lipinski definition) is 5. The van der Waals surface area contributed by atoms with Gasteiger partial charge in [0.05, 0.1) is 4.88 Å². The number of halogens is 1. The van der Waals surface area contributed by atoms with Crippen molar-refractivity contribution in [2.24, 2.45) is 5.84 Å². The molecule has 19 heavy (non-hydrogen) atoms. The lowest BCUT2D eigenvalue weighted by Crippen LogP contribution is -2.29. The Morgan fingerprint density at radius 2 is 2.16 bits per heavy atom. The van der Waals surface area contributed by atoms with E-state index in [9.17, 15) is 9.18 Å². The van der Waals surface area contributed by atoms with Crippen molar-refractivity contribution in [3.8, 4) is 0 Å². The van der Waals surface area contributed by atoms with Gasteiger partial charge in [-0.3, -0.25) is 10.2 Å². The highest BCUT2D eigenvalue weighted by atomic mass is 32.2. The van der Waals surface area contributed by atoms with Gasteiger partial charge in [0.25, 0.3) is 5.91 Å². The van der Waals surface area contributed by atoms with E-state index in [1.807, 2.05) is 6.07 Å². The molecule has 2 aromatic rings. The molecule has 0 fully saturated rings. The molecule has 0 saturated carbocycles. The number of amides is 1. The quantitative estimate of drug-likeness (QED) is 0.266. The molecule has 0 saturated heterocycles. The number of thiophene rings is 1. The number of carbonyl (C=O) groups excluding carboxylic acids is 1. The molecule has 0 aliphatic carbocycles. The summed E-state index contributed by atoms with van der Waals surface area (Å²) in [6, 6.07) is 7.90.